The molecule has 32 heavy (non-hydrogen) atoms. The maximum absolute atomic E-state index is 5.72. The van der Waals surface area contributed by atoms with E-state index in [0.717, 1.165) is 54.4 Å². The fourth-order valence-corrected chi connectivity index (χ4v) is 5.72. The predicted molar refractivity (Wildman–Crippen MR) is 138 cm³/mol. The fraction of sp³-hybridized carbons (Fsp3) is 0.677. The molecule has 0 aliphatic heterocycles. The lowest BCUT2D eigenvalue weighted by atomic mass is 9.68. The lowest BCUT2D eigenvalue weighted by molar-refractivity contribution is 0.151. The number of benzene rings is 1. The summed E-state index contributed by atoms with van der Waals surface area (Å²) in [6.07, 6.45) is 24.1. The van der Waals surface area contributed by atoms with Crippen molar-refractivity contribution in [3.63, 3.8) is 0 Å². The van der Waals surface area contributed by atoms with E-state index >= 15 is 0 Å². The topological polar surface area (TPSA) is 9.23 Å². The molecule has 0 spiro atoms. The second kappa shape index (κ2) is 14.5. The molecule has 2 fully saturated rings. The minimum Gasteiger partial charge on any atom is -0.494 e. The van der Waals surface area contributed by atoms with Gasteiger partial charge in [-0.1, -0.05) is 76.7 Å². The van der Waals surface area contributed by atoms with Crippen LogP contribution in [0.1, 0.15) is 109 Å². The molecule has 2 aliphatic rings. The minimum absolute atomic E-state index is 0.736. The molecular formula is C31H46O. The Hall–Kier alpha value is -1.68. The van der Waals surface area contributed by atoms with Crippen molar-refractivity contribution in [3.05, 3.63) is 42.0 Å². The second-order valence-electron chi connectivity index (χ2n) is 10.3. The molecule has 1 aromatic rings. The summed E-state index contributed by atoms with van der Waals surface area (Å²) < 4.78 is 5.72. The van der Waals surface area contributed by atoms with Crippen LogP contribution in [0.5, 0.6) is 5.75 Å². The van der Waals surface area contributed by atoms with Gasteiger partial charge in [-0.15, -0.1) is 0 Å². The van der Waals surface area contributed by atoms with Gasteiger partial charge in [0.05, 0.1) is 6.61 Å². The van der Waals surface area contributed by atoms with Crippen LogP contribution >= 0.6 is 0 Å². The van der Waals surface area contributed by atoms with Crippen molar-refractivity contribution in [1.82, 2.24) is 0 Å². The normalized spacial score (nSPS) is 25.9. The molecule has 0 saturated heterocycles. The highest BCUT2D eigenvalue weighted by Crippen LogP contribution is 2.42. The maximum atomic E-state index is 5.72. The molecule has 0 unspecified atom stereocenters. The van der Waals surface area contributed by atoms with Crippen LogP contribution in [0.3, 0.4) is 0 Å². The van der Waals surface area contributed by atoms with Crippen LogP contribution in [-0.2, 0) is 0 Å². The first kappa shape index (κ1) is 25.0. The van der Waals surface area contributed by atoms with Gasteiger partial charge in [-0.25, -0.2) is 0 Å². The number of unbranched alkanes of at least 4 members (excludes halogenated alkanes) is 3. The van der Waals surface area contributed by atoms with Gasteiger partial charge in [-0.3, -0.25) is 0 Å². The average Bonchev–Trinajstić information content (AvgIpc) is 2.84. The zero-order valence-electron chi connectivity index (χ0n) is 20.8. The van der Waals surface area contributed by atoms with Crippen molar-refractivity contribution in [2.75, 3.05) is 6.61 Å². The summed E-state index contributed by atoms with van der Waals surface area (Å²) in [5.74, 6) is 11.3. The molecule has 0 atom stereocenters. The summed E-state index contributed by atoms with van der Waals surface area (Å²) >= 11 is 0. The van der Waals surface area contributed by atoms with Crippen LogP contribution in [0, 0.1) is 35.5 Å². The summed E-state index contributed by atoms with van der Waals surface area (Å²) in [6, 6.07) is 8.18. The Labute approximate surface area is 198 Å². The Kier molecular flexibility index (Phi) is 11.3. The van der Waals surface area contributed by atoms with Crippen LogP contribution in [0.15, 0.2) is 36.4 Å². The molecular weight excluding hydrogens is 388 g/mol. The first-order valence-corrected chi connectivity index (χ1v) is 13.7. The number of hydrogen-bond acceptors (Lipinski definition) is 1. The molecule has 1 aromatic carbocycles. The highest BCUT2D eigenvalue weighted by Gasteiger charge is 2.30. The van der Waals surface area contributed by atoms with Crippen LogP contribution in [0.4, 0.5) is 0 Å². The standard InChI is InChI=1S/C31H46O/c1-3-5-7-10-26-13-19-29(20-14-26)30-21-15-27(16-22-30)11-8-9-12-28-17-23-31(24-18-28)32-25-6-4-2/h8,11,17-18,23-24,26-27,29-30H,3-7,10,13-16,19-22,25H2,1-2H3/b11-8+. The Balaban J connectivity index is 1.33. The van der Waals surface area contributed by atoms with Crippen molar-refractivity contribution < 1.29 is 4.74 Å². The van der Waals surface area contributed by atoms with E-state index in [9.17, 15) is 0 Å². The lowest BCUT2D eigenvalue weighted by Gasteiger charge is -2.37. The monoisotopic (exact) mass is 434 g/mol. The molecule has 0 bridgehead atoms. The van der Waals surface area contributed by atoms with Crippen molar-refractivity contribution in [1.29, 1.82) is 0 Å². The van der Waals surface area contributed by atoms with Gasteiger partial charge in [0.2, 0.25) is 0 Å². The second-order valence-corrected chi connectivity index (χ2v) is 10.3. The quantitative estimate of drug-likeness (QED) is 0.264. The lowest BCUT2D eigenvalue weighted by Crippen LogP contribution is -2.25. The SMILES string of the molecule is CCCCCC1CCC(C2CCC(/C=C/C#Cc3ccc(OCCCC)cc3)CC2)CC1. The highest BCUT2D eigenvalue weighted by atomic mass is 16.5. The Morgan fingerprint density at radius 2 is 1.47 bits per heavy atom. The Morgan fingerprint density at radius 1 is 0.812 bits per heavy atom. The molecule has 0 amide bonds. The molecule has 2 saturated carbocycles. The number of hydrogen-bond donors (Lipinski definition) is 0. The van der Waals surface area contributed by atoms with E-state index in [4.69, 9.17) is 4.74 Å². The largest absolute Gasteiger partial charge is 0.494 e. The number of ether oxygens (including phenoxy) is 1. The Morgan fingerprint density at radius 3 is 2.12 bits per heavy atom. The molecule has 0 N–H and O–H groups in total. The van der Waals surface area contributed by atoms with Gasteiger partial charge in [-0.05, 0) is 99.0 Å². The number of rotatable bonds is 10. The fourth-order valence-electron chi connectivity index (χ4n) is 5.72. The van der Waals surface area contributed by atoms with Gasteiger partial charge in [0.25, 0.3) is 0 Å². The molecule has 1 nitrogen and oxygen atoms in total. The molecule has 0 radical (unpaired) electrons. The van der Waals surface area contributed by atoms with Gasteiger partial charge in [0, 0.05) is 5.56 Å². The van der Waals surface area contributed by atoms with Gasteiger partial charge in [-0.2, -0.15) is 0 Å². The highest BCUT2D eigenvalue weighted by molar-refractivity contribution is 5.40. The summed E-state index contributed by atoms with van der Waals surface area (Å²) in [5, 5.41) is 0. The predicted octanol–water partition coefficient (Wildman–Crippen LogP) is 8.97. The summed E-state index contributed by atoms with van der Waals surface area (Å²) in [7, 11) is 0. The van der Waals surface area contributed by atoms with Gasteiger partial charge in [0.1, 0.15) is 5.75 Å². The van der Waals surface area contributed by atoms with Crippen LogP contribution < -0.4 is 4.74 Å². The van der Waals surface area contributed by atoms with Crippen LogP contribution in [0.25, 0.3) is 0 Å². The van der Waals surface area contributed by atoms with Crippen molar-refractivity contribution >= 4 is 0 Å². The van der Waals surface area contributed by atoms with Crippen molar-refractivity contribution in [2.24, 2.45) is 23.7 Å². The molecule has 1 heteroatoms. The van der Waals surface area contributed by atoms with Crippen LogP contribution in [0.2, 0.25) is 0 Å². The van der Waals surface area contributed by atoms with E-state index < -0.39 is 0 Å². The van der Waals surface area contributed by atoms with E-state index in [1.807, 2.05) is 12.1 Å². The first-order valence-electron chi connectivity index (χ1n) is 13.7. The third-order valence-electron chi connectivity index (χ3n) is 7.88. The van der Waals surface area contributed by atoms with E-state index in [1.165, 1.54) is 77.0 Å². The zero-order chi connectivity index (χ0) is 22.4. The third-order valence-corrected chi connectivity index (χ3v) is 7.88. The molecule has 0 heterocycles. The van der Waals surface area contributed by atoms with E-state index in [1.54, 1.807) is 0 Å². The summed E-state index contributed by atoms with van der Waals surface area (Å²) in [4.78, 5) is 0. The number of allylic oxidation sites excluding steroid dienone is 2. The van der Waals surface area contributed by atoms with E-state index in [2.05, 4.69) is 50.0 Å². The van der Waals surface area contributed by atoms with Gasteiger partial charge < -0.3 is 4.74 Å². The van der Waals surface area contributed by atoms with Gasteiger partial charge in [0.15, 0.2) is 0 Å². The van der Waals surface area contributed by atoms with Crippen LogP contribution in [-0.4, -0.2) is 6.61 Å². The van der Waals surface area contributed by atoms with Crippen molar-refractivity contribution in [2.45, 2.75) is 104 Å². The molecule has 0 aromatic heterocycles. The zero-order valence-corrected chi connectivity index (χ0v) is 20.8. The summed E-state index contributed by atoms with van der Waals surface area (Å²) in [6.45, 7) is 5.30. The maximum Gasteiger partial charge on any atom is 0.119 e. The molecule has 2 aliphatic carbocycles. The third kappa shape index (κ3) is 8.69. The van der Waals surface area contributed by atoms with E-state index in [-0.39, 0.29) is 0 Å². The minimum atomic E-state index is 0.736. The molecule has 176 valence electrons. The van der Waals surface area contributed by atoms with Gasteiger partial charge >= 0.3 is 0 Å². The first-order chi connectivity index (χ1) is 15.8. The van der Waals surface area contributed by atoms with E-state index in [0.29, 0.717) is 0 Å². The average molecular weight is 435 g/mol. The van der Waals surface area contributed by atoms with Crippen molar-refractivity contribution in [3.8, 4) is 17.6 Å². The Bertz CT molecular complexity index is 703. The summed E-state index contributed by atoms with van der Waals surface area (Å²) in [5.41, 5.74) is 1.06. The molecule has 3 rings (SSSR count). The smallest absolute Gasteiger partial charge is 0.119 e.